The van der Waals surface area contributed by atoms with Gasteiger partial charge in [0.25, 0.3) is 11.8 Å². The summed E-state index contributed by atoms with van der Waals surface area (Å²) >= 11 is 0. The first kappa shape index (κ1) is 7.59. The quantitative estimate of drug-likeness (QED) is 0.642. The van der Waals surface area contributed by atoms with E-state index in [4.69, 9.17) is 0 Å². The minimum atomic E-state index is -0.355. The van der Waals surface area contributed by atoms with Crippen LogP contribution in [0.25, 0.3) is 0 Å². The van der Waals surface area contributed by atoms with Gasteiger partial charge in [-0.05, 0) is 6.92 Å². The Morgan fingerprint density at radius 2 is 2.55 bits per heavy atom. The van der Waals surface area contributed by atoms with E-state index in [-0.39, 0.29) is 17.5 Å². The van der Waals surface area contributed by atoms with Crippen LogP contribution in [0.15, 0.2) is 6.07 Å². The molecule has 1 rings (SSSR count). The number of H-pyrrole nitrogens is 1. The SMILES string of the molecule is CCNC(=O)c1cc([O])[nH]n1. The largest absolute Gasteiger partial charge is 0.351 e. The van der Waals surface area contributed by atoms with Crippen molar-refractivity contribution in [2.75, 3.05) is 6.54 Å². The van der Waals surface area contributed by atoms with Crippen LogP contribution in [0, 0.1) is 0 Å². The third kappa shape index (κ3) is 1.70. The van der Waals surface area contributed by atoms with E-state index in [1.807, 2.05) is 0 Å². The Balaban J connectivity index is 2.69. The van der Waals surface area contributed by atoms with Gasteiger partial charge < -0.3 is 5.32 Å². The normalized spacial score (nSPS) is 9.55. The van der Waals surface area contributed by atoms with Crippen LogP contribution in [0.3, 0.4) is 0 Å². The van der Waals surface area contributed by atoms with Crippen LogP contribution in [-0.4, -0.2) is 22.6 Å². The van der Waals surface area contributed by atoms with Crippen molar-refractivity contribution in [2.45, 2.75) is 6.92 Å². The number of hydrogen-bond acceptors (Lipinski definition) is 2. The van der Waals surface area contributed by atoms with Crippen molar-refractivity contribution in [3.63, 3.8) is 0 Å². The highest BCUT2D eigenvalue weighted by Gasteiger charge is 2.08. The fourth-order valence-electron chi connectivity index (χ4n) is 0.671. The van der Waals surface area contributed by atoms with E-state index in [1.54, 1.807) is 6.92 Å². The Bertz CT molecular complexity index is 256. The molecule has 5 nitrogen and oxygen atoms in total. The zero-order valence-corrected chi connectivity index (χ0v) is 6.05. The van der Waals surface area contributed by atoms with Crippen LogP contribution in [0.1, 0.15) is 17.4 Å². The van der Waals surface area contributed by atoms with Crippen molar-refractivity contribution in [1.29, 1.82) is 0 Å². The van der Waals surface area contributed by atoms with Gasteiger partial charge in [0.15, 0.2) is 5.69 Å². The molecule has 0 unspecified atom stereocenters. The summed E-state index contributed by atoms with van der Waals surface area (Å²) in [4.78, 5) is 10.9. The molecule has 0 atom stereocenters. The maximum atomic E-state index is 10.9. The first-order valence-electron chi connectivity index (χ1n) is 3.24. The Morgan fingerprint density at radius 1 is 1.82 bits per heavy atom. The van der Waals surface area contributed by atoms with Crippen molar-refractivity contribution >= 4 is 5.91 Å². The van der Waals surface area contributed by atoms with Crippen LogP contribution in [0.4, 0.5) is 0 Å². The molecule has 1 radical (unpaired) electrons. The number of nitrogens with zero attached hydrogens (tertiary/aromatic N) is 1. The van der Waals surface area contributed by atoms with Gasteiger partial charge in [0, 0.05) is 12.6 Å². The molecule has 1 heterocycles. The molecule has 11 heavy (non-hydrogen) atoms. The smallest absolute Gasteiger partial charge is 0.271 e. The summed E-state index contributed by atoms with van der Waals surface area (Å²) in [6.45, 7) is 2.32. The zero-order chi connectivity index (χ0) is 8.27. The number of rotatable bonds is 2. The van der Waals surface area contributed by atoms with Crippen LogP contribution >= 0.6 is 0 Å². The third-order valence-corrected chi connectivity index (χ3v) is 1.12. The second-order valence-electron chi connectivity index (χ2n) is 1.98. The number of amides is 1. The summed E-state index contributed by atoms with van der Waals surface area (Å²) in [6.07, 6.45) is 0. The lowest BCUT2D eigenvalue weighted by atomic mass is 10.4. The Morgan fingerprint density at radius 3 is 3.00 bits per heavy atom. The van der Waals surface area contributed by atoms with Gasteiger partial charge in [-0.15, -0.1) is 0 Å². The second-order valence-corrected chi connectivity index (χ2v) is 1.98. The van der Waals surface area contributed by atoms with E-state index < -0.39 is 0 Å². The monoisotopic (exact) mass is 154 g/mol. The zero-order valence-electron chi connectivity index (χ0n) is 6.05. The van der Waals surface area contributed by atoms with Crippen molar-refractivity contribution < 1.29 is 9.90 Å². The minimum absolute atomic E-state index is 0.136. The fraction of sp³-hybridized carbons (Fsp3) is 0.333. The highest BCUT2D eigenvalue weighted by atomic mass is 16.3. The lowest BCUT2D eigenvalue weighted by Crippen LogP contribution is -2.22. The molecule has 0 aliphatic heterocycles. The van der Waals surface area contributed by atoms with E-state index in [9.17, 15) is 9.90 Å². The molecule has 0 bridgehead atoms. The summed E-state index contributed by atoms with van der Waals surface area (Å²) in [5.41, 5.74) is 0.136. The van der Waals surface area contributed by atoms with E-state index in [0.717, 1.165) is 6.07 Å². The van der Waals surface area contributed by atoms with Gasteiger partial charge in [-0.2, -0.15) is 5.10 Å². The van der Waals surface area contributed by atoms with Gasteiger partial charge in [0.05, 0.1) is 0 Å². The van der Waals surface area contributed by atoms with Crippen molar-refractivity contribution in [2.24, 2.45) is 0 Å². The molecule has 0 aromatic carbocycles. The molecule has 1 amide bonds. The van der Waals surface area contributed by atoms with Gasteiger partial charge in [-0.1, -0.05) is 0 Å². The summed E-state index contributed by atoms with van der Waals surface area (Å²) in [6, 6.07) is 1.16. The first-order chi connectivity index (χ1) is 5.24. The molecule has 1 aromatic heterocycles. The molecule has 0 saturated heterocycles. The molecule has 0 aliphatic rings. The Hall–Kier alpha value is -1.52. The molecular weight excluding hydrogens is 146 g/mol. The van der Waals surface area contributed by atoms with Crippen molar-refractivity contribution in [3.8, 4) is 5.88 Å². The molecule has 0 saturated carbocycles. The van der Waals surface area contributed by atoms with E-state index >= 15 is 0 Å². The van der Waals surface area contributed by atoms with E-state index in [1.165, 1.54) is 0 Å². The topological polar surface area (TPSA) is 77.7 Å². The number of carbonyl (C=O) groups is 1. The molecule has 2 N–H and O–H groups in total. The average Bonchev–Trinajstić information content (AvgIpc) is 2.36. The Labute approximate surface area is 63.4 Å². The molecule has 5 heteroatoms. The van der Waals surface area contributed by atoms with Gasteiger partial charge in [0.2, 0.25) is 0 Å². The standard InChI is InChI=1S/C6H8N3O2/c1-2-7-6(11)4-3-5(10)9-8-4/h3H,2H2,1H3,(H,7,11)(H,8,9). The number of hydrogen-bond donors (Lipinski definition) is 2. The number of nitrogens with one attached hydrogen (secondary N) is 2. The maximum absolute atomic E-state index is 10.9. The second kappa shape index (κ2) is 3.05. The predicted molar refractivity (Wildman–Crippen MR) is 36.7 cm³/mol. The molecule has 59 valence electrons. The third-order valence-electron chi connectivity index (χ3n) is 1.12. The maximum Gasteiger partial charge on any atom is 0.271 e. The van der Waals surface area contributed by atoms with Crippen LogP contribution < -0.4 is 5.32 Å². The summed E-state index contributed by atoms with van der Waals surface area (Å²) in [5.74, 6) is -0.683. The average molecular weight is 154 g/mol. The predicted octanol–water partition coefficient (Wildman–Crippen LogP) is 0.303. The summed E-state index contributed by atoms with van der Waals surface area (Å²) in [5, 5.41) is 18.6. The lowest BCUT2D eigenvalue weighted by Gasteiger charge is -1.94. The molecule has 0 spiro atoms. The van der Waals surface area contributed by atoms with Gasteiger partial charge in [0.1, 0.15) is 0 Å². The van der Waals surface area contributed by atoms with E-state index in [0.29, 0.717) is 6.54 Å². The molecule has 0 aliphatic carbocycles. The molecule has 1 aromatic rings. The van der Waals surface area contributed by atoms with Gasteiger partial charge in [-0.25, -0.2) is 5.10 Å². The number of aromatic nitrogens is 2. The highest BCUT2D eigenvalue weighted by molar-refractivity contribution is 5.92. The Kier molecular flexibility index (Phi) is 2.10. The highest BCUT2D eigenvalue weighted by Crippen LogP contribution is 2.04. The molecular formula is C6H8N3O2. The van der Waals surface area contributed by atoms with Crippen molar-refractivity contribution in [3.05, 3.63) is 11.8 Å². The lowest BCUT2D eigenvalue weighted by molar-refractivity contribution is 0.0950. The minimum Gasteiger partial charge on any atom is -0.351 e. The first-order valence-corrected chi connectivity index (χ1v) is 3.24. The van der Waals surface area contributed by atoms with Gasteiger partial charge >= 0.3 is 0 Å². The van der Waals surface area contributed by atoms with Crippen molar-refractivity contribution in [1.82, 2.24) is 15.5 Å². The summed E-state index contributed by atoms with van der Waals surface area (Å²) < 4.78 is 0. The van der Waals surface area contributed by atoms with E-state index in [2.05, 4.69) is 15.5 Å². The molecule has 0 fully saturated rings. The fourth-order valence-corrected chi connectivity index (χ4v) is 0.671. The number of aromatic amines is 1. The van der Waals surface area contributed by atoms with Gasteiger partial charge in [-0.3, -0.25) is 9.90 Å². The van der Waals surface area contributed by atoms with Crippen LogP contribution in [0.2, 0.25) is 0 Å². The number of carbonyl (C=O) groups excluding carboxylic acids is 1. The van der Waals surface area contributed by atoms with Crippen LogP contribution in [0.5, 0.6) is 5.88 Å². The summed E-state index contributed by atoms with van der Waals surface area (Å²) in [7, 11) is 0. The van der Waals surface area contributed by atoms with Crippen LogP contribution in [-0.2, 0) is 5.11 Å².